The van der Waals surface area contributed by atoms with Gasteiger partial charge in [-0.1, -0.05) is 76.2 Å². The van der Waals surface area contributed by atoms with Crippen molar-refractivity contribution in [1.29, 1.82) is 0 Å². The SMILES string of the molecule is CC.CC.O=C(O)CCn1ncc2ccc(OCc3nc(-c4ccccc4)oc3-c3ccccc3)cc21. The van der Waals surface area contributed by atoms with Gasteiger partial charge in [0.15, 0.2) is 5.76 Å². The van der Waals surface area contributed by atoms with Gasteiger partial charge in [0, 0.05) is 22.6 Å². The van der Waals surface area contributed by atoms with Crippen molar-refractivity contribution < 1.29 is 19.1 Å². The highest BCUT2D eigenvalue weighted by atomic mass is 16.5. The molecule has 2 heterocycles. The third-order valence-corrected chi connectivity index (χ3v) is 5.28. The van der Waals surface area contributed by atoms with Crippen molar-refractivity contribution in [3.05, 3.63) is 90.8 Å². The molecule has 0 unspecified atom stereocenters. The van der Waals surface area contributed by atoms with Gasteiger partial charge in [-0.2, -0.15) is 5.10 Å². The third-order valence-electron chi connectivity index (χ3n) is 5.28. The Bertz CT molecular complexity index is 1390. The van der Waals surface area contributed by atoms with Crippen LogP contribution in [0, 0.1) is 0 Å². The molecule has 5 aromatic rings. The van der Waals surface area contributed by atoms with Gasteiger partial charge in [-0.3, -0.25) is 9.48 Å². The van der Waals surface area contributed by atoms with Crippen LogP contribution in [0.25, 0.3) is 33.7 Å². The zero-order chi connectivity index (χ0) is 26.6. The summed E-state index contributed by atoms with van der Waals surface area (Å²) in [6.07, 6.45) is 1.72. The first kappa shape index (κ1) is 27.2. The molecule has 0 fully saturated rings. The molecule has 0 aliphatic rings. The number of fused-ring (bicyclic) bond motifs is 1. The number of aromatic nitrogens is 3. The molecule has 3 aromatic carbocycles. The number of aryl methyl sites for hydroxylation is 1. The normalized spacial score (nSPS) is 10.2. The zero-order valence-corrected chi connectivity index (χ0v) is 21.7. The molecule has 0 saturated heterocycles. The molecule has 0 aliphatic carbocycles. The Kier molecular flexibility index (Phi) is 10.0. The summed E-state index contributed by atoms with van der Waals surface area (Å²) in [6.45, 7) is 8.51. The number of rotatable bonds is 8. The Labute approximate surface area is 217 Å². The molecule has 5 rings (SSSR count). The van der Waals surface area contributed by atoms with E-state index in [1.54, 1.807) is 10.9 Å². The maximum atomic E-state index is 10.9. The topological polar surface area (TPSA) is 90.4 Å². The number of benzene rings is 3. The van der Waals surface area contributed by atoms with Crippen molar-refractivity contribution >= 4 is 16.9 Å². The number of carbonyl (C=O) groups is 1. The predicted octanol–water partition coefficient (Wildman–Crippen LogP) is 7.46. The molecule has 2 aromatic heterocycles. The van der Waals surface area contributed by atoms with Crippen LogP contribution in [-0.4, -0.2) is 25.8 Å². The van der Waals surface area contributed by atoms with E-state index < -0.39 is 5.97 Å². The van der Waals surface area contributed by atoms with E-state index in [9.17, 15) is 4.79 Å². The van der Waals surface area contributed by atoms with Crippen LogP contribution in [0.4, 0.5) is 0 Å². The highest BCUT2D eigenvalue weighted by molar-refractivity contribution is 5.80. The van der Waals surface area contributed by atoms with Crippen LogP contribution in [-0.2, 0) is 17.9 Å². The van der Waals surface area contributed by atoms with E-state index in [1.165, 1.54) is 0 Å². The summed E-state index contributed by atoms with van der Waals surface area (Å²) in [6, 6.07) is 25.2. The van der Waals surface area contributed by atoms with Crippen LogP contribution in [0.1, 0.15) is 39.8 Å². The number of hydrogen-bond acceptors (Lipinski definition) is 5. The van der Waals surface area contributed by atoms with E-state index >= 15 is 0 Å². The molecule has 7 heteroatoms. The Balaban J connectivity index is 0.000000907. The van der Waals surface area contributed by atoms with Crippen molar-refractivity contribution in [2.45, 2.75) is 47.3 Å². The first-order valence-corrected chi connectivity index (χ1v) is 12.6. The minimum absolute atomic E-state index is 0.00347. The third kappa shape index (κ3) is 6.85. The van der Waals surface area contributed by atoms with Gasteiger partial charge in [0.2, 0.25) is 5.89 Å². The second-order valence-electron chi connectivity index (χ2n) is 7.55. The number of nitrogens with zero attached hydrogens (tertiary/aromatic N) is 3. The van der Waals surface area contributed by atoms with Gasteiger partial charge in [0.1, 0.15) is 18.1 Å². The van der Waals surface area contributed by atoms with E-state index in [0.29, 0.717) is 29.6 Å². The summed E-state index contributed by atoms with van der Waals surface area (Å²) < 4.78 is 13.9. The van der Waals surface area contributed by atoms with Crippen LogP contribution in [0.5, 0.6) is 5.75 Å². The molecule has 0 radical (unpaired) electrons. The molecule has 7 nitrogen and oxygen atoms in total. The van der Waals surface area contributed by atoms with Gasteiger partial charge in [-0.15, -0.1) is 0 Å². The highest BCUT2D eigenvalue weighted by Gasteiger charge is 2.17. The lowest BCUT2D eigenvalue weighted by Gasteiger charge is -2.07. The Morgan fingerprint density at radius 3 is 2.22 bits per heavy atom. The molecular formula is C30H33N3O4. The van der Waals surface area contributed by atoms with Gasteiger partial charge >= 0.3 is 5.97 Å². The van der Waals surface area contributed by atoms with E-state index in [-0.39, 0.29) is 13.0 Å². The van der Waals surface area contributed by atoms with Crippen LogP contribution in [0.3, 0.4) is 0 Å². The van der Waals surface area contributed by atoms with Crippen molar-refractivity contribution in [1.82, 2.24) is 14.8 Å². The summed E-state index contributed by atoms with van der Waals surface area (Å²) in [5.74, 6) is 0.986. The van der Waals surface area contributed by atoms with E-state index in [4.69, 9.17) is 19.2 Å². The second-order valence-corrected chi connectivity index (χ2v) is 7.55. The lowest BCUT2D eigenvalue weighted by atomic mass is 10.1. The molecule has 0 amide bonds. The minimum atomic E-state index is -0.861. The number of hydrogen-bond donors (Lipinski definition) is 1. The summed E-state index contributed by atoms with van der Waals surface area (Å²) >= 11 is 0. The lowest BCUT2D eigenvalue weighted by molar-refractivity contribution is -0.137. The van der Waals surface area contributed by atoms with Crippen LogP contribution in [0.2, 0.25) is 0 Å². The molecule has 0 bridgehead atoms. The molecule has 0 saturated carbocycles. The molecule has 0 aliphatic heterocycles. The standard InChI is InChI=1S/C26H21N3O4.2C2H6/c30-24(31)13-14-29-23-15-21(12-11-20(23)16-27-29)32-17-22-25(18-7-3-1-4-8-18)33-26(28-22)19-9-5-2-6-10-19;2*1-2/h1-12,15-16H,13-14,17H2,(H,30,31);2*1-2H3. The largest absolute Gasteiger partial charge is 0.487 e. The number of aliphatic carboxylic acids is 1. The van der Waals surface area contributed by atoms with Gasteiger partial charge in [-0.25, -0.2) is 4.98 Å². The van der Waals surface area contributed by atoms with Crippen LogP contribution in [0.15, 0.2) is 89.5 Å². The van der Waals surface area contributed by atoms with Gasteiger partial charge in [-0.05, 0) is 24.3 Å². The Hall–Kier alpha value is -4.39. The molecule has 0 spiro atoms. The minimum Gasteiger partial charge on any atom is -0.487 e. The fourth-order valence-electron chi connectivity index (χ4n) is 3.64. The fourth-order valence-corrected chi connectivity index (χ4v) is 3.64. The van der Waals surface area contributed by atoms with Crippen molar-refractivity contribution in [3.8, 4) is 28.5 Å². The number of carboxylic acids is 1. The summed E-state index contributed by atoms with van der Waals surface area (Å²) in [5, 5.41) is 14.2. The zero-order valence-electron chi connectivity index (χ0n) is 21.7. The molecular weight excluding hydrogens is 466 g/mol. The second kappa shape index (κ2) is 13.6. The Morgan fingerprint density at radius 1 is 0.919 bits per heavy atom. The average Bonchev–Trinajstić information content (AvgIpc) is 3.58. The molecule has 1 N–H and O–H groups in total. The highest BCUT2D eigenvalue weighted by Crippen LogP contribution is 2.31. The van der Waals surface area contributed by atoms with Crippen molar-refractivity contribution in [2.24, 2.45) is 0 Å². The van der Waals surface area contributed by atoms with Crippen molar-refractivity contribution in [2.75, 3.05) is 0 Å². The lowest BCUT2D eigenvalue weighted by Crippen LogP contribution is -2.05. The van der Waals surface area contributed by atoms with Crippen LogP contribution < -0.4 is 4.74 Å². The number of carboxylic acid groups (broad SMARTS) is 1. The summed E-state index contributed by atoms with van der Waals surface area (Å²) in [7, 11) is 0. The summed E-state index contributed by atoms with van der Waals surface area (Å²) in [4.78, 5) is 15.6. The fraction of sp³-hybridized carbons (Fsp3) is 0.233. The van der Waals surface area contributed by atoms with Crippen molar-refractivity contribution in [3.63, 3.8) is 0 Å². The van der Waals surface area contributed by atoms with E-state index in [2.05, 4.69) is 5.10 Å². The maximum Gasteiger partial charge on any atom is 0.305 e. The number of oxazole rings is 1. The van der Waals surface area contributed by atoms with Gasteiger partial charge in [0.05, 0.1) is 24.7 Å². The smallest absolute Gasteiger partial charge is 0.305 e. The van der Waals surface area contributed by atoms with Gasteiger partial charge < -0.3 is 14.3 Å². The number of ether oxygens (including phenoxy) is 1. The quantitative estimate of drug-likeness (QED) is 0.238. The molecule has 0 atom stereocenters. The first-order chi connectivity index (χ1) is 18.2. The maximum absolute atomic E-state index is 10.9. The van der Waals surface area contributed by atoms with Gasteiger partial charge in [0.25, 0.3) is 0 Å². The monoisotopic (exact) mass is 499 g/mol. The average molecular weight is 500 g/mol. The van der Waals surface area contributed by atoms with Crippen LogP contribution >= 0.6 is 0 Å². The predicted molar refractivity (Wildman–Crippen MR) is 146 cm³/mol. The van der Waals surface area contributed by atoms with E-state index in [0.717, 1.165) is 22.0 Å². The Morgan fingerprint density at radius 2 is 1.57 bits per heavy atom. The van der Waals surface area contributed by atoms with E-state index in [1.807, 2.05) is 107 Å². The molecule has 37 heavy (non-hydrogen) atoms. The molecule has 192 valence electrons. The summed E-state index contributed by atoms with van der Waals surface area (Å²) in [5.41, 5.74) is 3.33. The first-order valence-electron chi connectivity index (χ1n) is 12.6.